The smallest absolute Gasteiger partial charge is 0.346 e. The number of hydrogen-bond donors (Lipinski definition) is 0. The summed E-state index contributed by atoms with van der Waals surface area (Å²) in [5.74, 6) is -0.440. The van der Waals surface area contributed by atoms with Crippen LogP contribution in [0.1, 0.15) is 53.4 Å². The summed E-state index contributed by atoms with van der Waals surface area (Å²) in [6, 6.07) is 23.4. The molecule has 2 heterocycles. The van der Waals surface area contributed by atoms with Gasteiger partial charge in [0.2, 0.25) is 0 Å². The summed E-state index contributed by atoms with van der Waals surface area (Å²) in [4.78, 5) is 31.0. The molecule has 0 fully saturated rings. The molecule has 0 aliphatic carbocycles. The van der Waals surface area contributed by atoms with E-state index < -0.39 is 5.54 Å². The molecule has 0 bridgehead atoms. The molecule has 198 valence electrons. The van der Waals surface area contributed by atoms with Crippen LogP contribution in [0.5, 0.6) is 0 Å². The van der Waals surface area contributed by atoms with Crippen LogP contribution in [0.4, 0.5) is 5.69 Å². The Hall–Kier alpha value is -3.13. The zero-order valence-corrected chi connectivity index (χ0v) is 25.0. The molecule has 0 radical (unpaired) electrons. The number of benzene rings is 3. The van der Waals surface area contributed by atoms with Crippen LogP contribution >= 0.6 is 35.7 Å². The summed E-state index contributed by atoms with van der Waals surface area (Å²) in [6.45, 7) is 10.2. The van der Waals surface area contributed by atoms with Gasteiger partial charge in [0.25, 0.3) is 5.91 Å². The van der Waals surface area contributed by atoms with Gasteiger partial charge in [0, 0.05) is 21.6 Å². The molecule has 3 aromatic carbocycles. The fourth-order valence-corrected chi connectivity index (χ4v) is 7.94. The highest BCUT2D eigenvalue weighted by Crippen LogP contribution is 2.58. The van der Waals surface area contributed by atoms with Crippen molar-refractivity contribution in [2.24, 2.45) is 0 Å². The molecule has 0 aromatic heterocycles. The zero-order chi connectivity index (χ0) is 27.9. The second kappa shape index (κ2) is 10.8. The maximum atomic E-state index is 14.0. The van der Waals surface area contributed by atoms with Gasteiger partial charge in [-0.2, -0.15) is 0 Å². The number of thioether (sulfide) groups is 2. The van der Waals surface area contributed by atoms with Crippen molar-refractivity contribution >= 4 is 68.6 Å². The summed E-state index contributed by atoms with van der Waals surface area (Å²) in [5.41, 5.74) is 5.59. The van der Waals surface area contributed by atoms with E-state index in [1.807, 2.05) is 86.3 Å². The van der Waals surface area contributed by atoms with Gasteiger partial charge in [-0.05, 0) is 75.6 Å². The number of anilines is 1. The van der Waals surface area contributed by atoms with E-state index in [2.05, 4.69) is 26.0 Å². The number of fused-ring (bicyclic) bond motifs is 1. The molecule has 3 aromatic rings. The van der Waals surface area contributed by atoms with Gasteiger partial charge in [-0.25, -0.2) is 4.79 Å². The monoisotopic (exact) mass is 571 g/mol. The Morgan fingerprint density at radius 1 is 0.923 bits per heavy atom. The number of ether oxygens (including phenoxy) is 1. The molecule has 1 amide bonds. The lowest BCUT2D eigenvalue weighted by Gasteiger charge is -2.45. The Morgan fingerprint density at radius 3 is 2.18 bits per heavy atom. The maximum absolute atomic E-state index is 14.0. The first-order valence-corrected chi connectivity index (χ1v) is 14.8. The molecular weight excluding hydrogens is 543 g/mol. The third-order valence-corrected chi connectivity index (χ3v) is 10.3. The first-order valence-electron chi connectivity index (χ1n) is 12.8. The van der Waals surface area contributed by atoms with E-state index in [1.54, 1.807) is 11.8 Å². The van der Waals surface area contributed by atoms with Crippen LogP contribution in [0, 0.1) is 13.8 Å². The molecule has 2 aliphatic heterocycles. The first-order chi connectivity index (χ1) is 18.6. The van der Waals surface area contributed by atoms with Crippen molar-refractivity contribution in [3.8, 4) is 0 Å². The van der Waals surface area contributed by atoms with Crippen LogP contribution < -0.4 is 4.90 Å². The van der Waals surface area contributed by atoms with E-state index in [4.69, 9.17) is 17.0 Å². The van der Waals surface area contributed by atoms with Gasteiger partial charge >= 0.3 is 5.97 Å². The molecule has 2 aliphatic rings. The van der Waals surface area contributed by atoms with Crippen molar-refractivity contribution in [3.05, 3.63) is 110 Å². The molecule has 0 saturated heterocycles. The van der Waals surface area contributed by atoms with Gasteiger partial charge in [0.05, 0.1) is 26.9 Å². The van der Waals surface area contributed by atoms with E-state index in [9.17, 15) is 9.59 Å². The van der Waals surface area contributed by atoms with Crippen LogP contribution in [-0.2, 0) is 9.53 Å². The highest BCUT2D eigenvalue weighted by atomic mass is 32.2. The summed E-state index contributed by atoms with van der Waals surface area (Å²) in [7, 11) is 0. The van der Waals surface area contributed by atoms with Gasteiger partial charge in [-0.1, -0.05) is 84.3 Å². The SMILES string of the molecule is CCOC(=O)C1=C(c2ccccc2)SC(=C2C(=S)C(C)(C)N(C(=O)c3ccccc3)c3cc(C)c(C)cc32)S1. The quantitative estimate of drug-likeness (QED) is 0.179. The Morgan fingerprint density at radius 2 is 1.54 bits per heavy atom. The van der Waals surface area contributed by atoms with Crippen molar-refractivity contribution in [2.45, 2.75) is 40.2 Å². The summed E-state index contributed by atoms with van der Waals surface area (Å²) < 4.78 is 6.37. The number of amides is 1. The van der Waals surface area contributed by atoms with Crippen molar-refractivity contribution in [1.82, 2.24) is 0 Å². The number of nitrogens with zero attached hydrogens (tertiary/aromatic N) is 1. The minimum absolute atomic E-state index is 0.0986. The van der Waals surface area contributed by atoms with Gasteiger partial charge in [0.15, 0.2) is 0 Å². The number of thiocarbonyl (C=S) groups is 1. The molecule has 39 heavy (non-hydrogen) atoms. The van der Waals surface area contributed by atoms with Crippen LogP contribution in [0.25, 0.3) is 10.5 Å². The lowest BCUT2D eigenvalue weighted by Crippen LogP contribution is -2.56. The van der Waals surface area contributed by atoms with E-state index in [1.165, 1.54) is 11.8 Å². The molecule has 0 atom stereocenters. The van der Waals surface area contributed by atoms with Crippen LogP contribution in [0.3, 0.4) is 0 Å². The standard InChI is InChI=1S/C32H29NO3S3/c1-6-36-30(35)27-26(21-13-9-7-10-14-21)38-31(39-27)25-23-17-19(2)20(3)18-24(23)33(32(4,5)28(25)37)29(34)22-15-11-8-12-16-22/h7-18H,6H2,1-5H3. The number of esters is 1. The fraction of sp³-hybridized carbons (Fsp3) is 0.219. The maximum Gasteiger partial charge on any atom is 0.346 e. The third-order valence-electron chi connectivity index (χ3n) is 6.98. The zero-order valence-electron chi connectivity index (χ0n) is 22.5. The molecule has 0 unspecified atom stereocenters. The minimum atomic E-state index is -0.792. The predicted octanol–water partition coefficient (Wildman–Crippen LogP) is 8.19. The average Bonchev–Trinajstić information content (AvgIpc) is 3.37. The van der Waals surface area contributed by atoms with E-state index >= 15 is 0 Å². The van der Waals surface area contributed by atoms with Crippen molar-refractivity contribution in [2.75, 3.05) is 11.5 Å². The Balaban J connectivity index is 1.71. The number of carbonyl (C=O) groups is 2. The minimum Gasteiger partial charge on any atom is -0.462 e. The molecule has 0 saturated carbocycles. The van der Waals surface area contributed by atoms with E-state index in [-0.39, 0.29) is 11.9 Å². The van der Waals surface area contributed by atoms with Crippen molar-refractivity contribution in [3.63, 3.8) is 0 Å². The van der Waals surface area contributed by atoms with Crippen molar-refractivity contribution < 1.29 is 14.3 Å². The van der Waals surface area contributed by atoms with Crippen LogP contribution in [0.2, 0.25) is 0 Å². The summed E-state index contributed by atoms with van der Waals surface area (Å²) in [6.07, 6.45) is 0. The molecule has 0 spiro atoms. The number of hydrogen-bond acceptors (Lipinski definition) is 6. The lowest BCUT2D eigenvalue weighted by molar-refractivity contribution is -0.137. The van der Waals surface area contributed by atoms with Crippen LogP contribution in [0.15, 0.2) is 81.9 Å². The Kier molecular flexibility index (Phi) is 7.60. The molecule has 7 heteroatoms. The second-order valence-corrected chi connectivity index (χ2v) is 12.7. The summed E-state index contributed by atoms with van der Waals surface area (Å²) in [5, 5.41) is 0. The number of carbonyl (C=O) groups excluding carboxylic acids is 2. The van der Waals surface area contributed by atoms with E-state index in [0.29, 0.717) is 21.9 Å². The fourth-order valence-electron chi connectivity index (χ4n) is 4.80. The highest BCUT2D eigenvalue weighted by molar-refractivity contribution is 8.32. The Labute approximate surface area is 243 Å². The predicted molar refractivity (Wildman–Crippen MR) is 168 cm³/mol. The summed E-state index contributed by atoms with van der Waals surface area (Å²) >= 11 is 9.15. The molecule has 4 nitrogen and oxygen atoms in total. The highest BCUT2D eigenvalue weighted by Gasteiger charge is 2.46. The van der Waals surface area contributed by atoms with Crippen molar-refractivity contribution in [1.29, 1.82) is 0 Å². The van der Waals surface area contributed by atoms with E-state index in [0.717, 1.165) is 42.7 Å². The lowest BCUT2D eigenvalue weighted by atomic mass is 9.81. The Bertz CT molecular complexity index is 1560. The third kappa shape index (κ3) is 4.88. The topological polar surface area (TPSA) is 46.6 Å². The van der Waals surface area contributed by atoms with Gasteiger partial charge in [-0.15, -0.1) is 0 Å². The van der Waals surface area contributed by atoms with Gasteiger partial charge in [0.1, 0.15) is 4.91 Å². The number of rotatable bonds is 4. The average molecular weight is 572 g/mol. The molecular formula is C32H29NO3S3. The largest absolute Gasteiger partial charge is 0.462 e. The number of aryl methyl sites for hydroxylation is 2. The molecule has 0 N–H and O–H groups in total. The first kappa shape index (κ1) is 27.4. The van der Waals surface area contributed by atoms with Gasteiger partial charge in [-0.3, -0.25) is 9.69 Å². The second-order valence-electron chi connectivity index (χ2n) is 9.96. The van der Waals surface area contributed by atoms with Gasteiger partial charge < -0.3 is 4.74 Å². The molecule has 5 rings (SSSR count). The van der Waals surface area contributed by atoms with Crippen LogP contribution in [-0.4, -0.2) is 28.9 Å². The normalized spacial score (nSPS) is 18.3.